The summed E-state index contributed by atoms with van der Waals surface area (Å²) < 4.78 is 6.69. The van der Waals surface area contributed by atoms with Gasteiger partial charge in [-0.05, 0) is 33.8 Å². The quantitative estimate of drug-likeness (QED) is 0.640. The third kappa shape index (κ3) is 2.87. The second-order valence-corrected chi connectivity index (χ2v) is 3.75. The molecule has 0 saturated carbocycles. The van der Waals surface area contributed by atoms with E-state index in [0.717, 1.165) is 11.4 Å². The largest absolute Gasteiger partial charge is 0.463 e. The topological polar surface area (TPSA) is 70.1 Å². The Bertz CT molecular complexity index is 447. The molecular weight excluding hydrogens is 218 g/mol. The summed E-state index contributed by atoms with van der Waals surface area (Å²) >= 11 is 0. The first-order chi connectivity index (χ1) is 8.01. The van der Waals surface area contributed by atoms with Crippen molar-refractivity contribution >= 4 is 17.7 Å². The zero-order valence-corrected chi connectivity index (χ0v) is 10.8. The summed E-state index contributed by atoms with van der Waals surface area (Å²) in [7, 11) is 0. The summed E-state index contributed by atoms with van der Waals surface area (Å²) in [6.45, 7) is 8.38. The molecule has 0 aliphatic heterocycles. The Morgan fingerprint density at radius 1 is 1.53 bits per heavy atom. The number of aryl methyl sites for hydroxylation is 2. The Morgan fingerprint density at radius 3 is 2.71 bits per heavy atom. The highest BCUT2D eigenvalue weighted by atomic mass is 16.5. The average Bonchev–Trinajstić information content (AvgIpc) is 2.57. The van der Waals surface area contributed by atoms with Crippen LogP contribution in [0.15, 0.2) is 5.57 Å². The van der Waals surface area contributed by atoms with Gasteiger partial charge < -0.3 is 10.5 Å². The number of hydrogen-bond donors (Lipinski definition) is 1. The average molecular weight is 237 g/mol. The van der Waals surface area contributed by atoms with Crippen molar-refractivity contribution in [3.63, 3.8) is 0 Å². The molecule has 0 fully saturated rings. The number of carbonyl (C=O) groups excluding carboxylic acids is 1. The standard InChI is InChI=1S/C12H19N3O2/c1-5-15-10(11(13)9(4)14-15)7-8(3)12(16)17-6-2/h7H,5-6,13H2,1-4H3/b8-7+. The summed E-state index contributed by atoms with van der Waals surface area (Å²) in [6, 6.07) is 0. The fraction of sp³-hybridized carbons (Fsp3) is 0.500. The lowest BCUT2D eigenvalue weighted by Gasteiger charge is -2.04. The molecule has 94 valence electrons. The molecule has 0 atom stereocenters. The van der Waals surface area contributed by atoms with Crippen LogP contribution in [0.2, 0.25) is 0 Å². The van der Waals surface area contributed by atoms with E-state index in [-0.39, 0.29) is 5.97 Å². The predicted molar refractivity (Wildman–Crippen MR) is 67.3 cm³/mol. The maximum absolute atomic E-state index is 11.5. The molecule has 0 spiro atoms. The van der Waals surface area contributed by atoms with Gasteiger partial charge in [0.2, 0.25) is 0 Å². The fourth-order valence-electron chi connectivity index (χ4n) is 1.52. The van der Waals surface area contributed by atoms with Gasteiger partial charge in [0.15, 0.2) is 0 Å². The minimum atomic E-state index is -0.326. The molecule has 1 aromatic rings. The van der Waals surface area contributed by atoms with Crippen LogP contribution in [0.25, 0.3) is 6.08 Å². The molecule has 1 rings (SSSR count). The number of hydrogen-bond acceptors (Lipinski definition) is 4. The maximum Gasteiger partial charge on any atom is 0.333 e. The van der Waals surface area contributed by atoms with E-state index in [9.17, 15) is 4.79 Å². The molecule has 0 unspecified atom stereocenters. The van der Waals surface area contributed by atoms with Crippen molar-refractivity contribution in [2.75, 3.05) is 12.3 Å². The van der Waals surface area contributed by atoms with Gasteiger partial charge in [-0.15, -0.1) is 0 Å². The number of nitrogens with zero attached hydrogens (tertiary/aromatic N) is 2. The van der Waals surface area contributed by atoms with Crippen LogP contribution in [0.4, 0.5) is 5.69 Å². The summed E-state index contributed by atoms with van der Waals surface area (Å²) in [5.74, 6) is -0.326. The molecule has 1 heterocycles. The van der Waals surface area contributed by atoms with E-state index in [1.807, 2.05) is 13.8 Å². The highest BCUT2D eigenvalue weighted by Gasteiger charge is 2.12. The molecule has 17 heavy (non-hydrogen) atoms. The van der Waals surface area contributed by atoms with Gasteiger partial charge in [0.25, 0.3) is 0 Å². The van der Waals surface area contributed by atoms with Crippen molar-refractivity contribution in [2.24, 2.45) is 0 Å². The highest BCUT2D eigenvalue weighted by molar-refractivity contribution is 5.93. The fourth-order valence-corrected chi connectivity index (χ4v) is 1.52. The van der Waals surface area contributed by atoms with E-state index in [0.29, 0.717) is 24.4 Å². The van der Waals surface area contributed by atoms with Crippen LogP contribution in [0.5, 0.6) is 0 Å². The number of esters is 1. The van der Waals surface area contributed by atoms with Gasteiger partial charge >= 0.3 is 5.97 Å². The number of rotatable bonds is 4. The number of carbonyl (C=O) groups is 1. The third-order valence-corrected chi connectivity index (χ3v) is 2.46. The normalized spacial score (nSPS) is 11.6. The van der Waals surface area contributed by atoms with Gasteiger partial charge in [-0.25, -0.2) is 4.79 Å². The summed E-state index contributed by atoms with van der Waals surface area (Å²) in [5, 5.41) is 4.28. The molecule has 0 saturated heterocycles. The van der Waals surface area contributed by atoms with Crippen LogP contribution in [0.3, 0.4) is 0 Å². The number of anilines is 1. The van der Waals surface area contributed by atoms with Crippen molar-refractivity contribution in [1.82, 2.24) is 9.78 Å². The van der Waals surface area contributed by atoms with Crippen molar-refractivity contribution in [2.45, 2.75) is 34.2 Å². The first-order valence-corrected chi connectivity index (χ1v) is 5.69. The van der Waals surface area contributed by atoms with Crippen molar-refractivity contribution in [3.05, 3.63) is 17.0 Å². The molecule has 5 nitrogen and oxygen atoms in total. The van der Waals surface area contributed by atoms with Crippen molar-refractivity contribution < 1.29 is 9.53 Å². The number of nitrogen functional groups attached to an aromatic ring is 1. The zero-order valence-electron chi connectivity index (χ0n) is 10.8. The predicted octanol–water partition coefficient (Wildman–Crippen LogP) is 1.76. The monoisotopic (exact) mass is 237 g/mol. The summed E-state index contributed by atoms with van der Waals surface area (Å²) in [6.07, 6.45) is 1.72. The Hall–Kier alpha value is -1.78. The van der Waals surface area contributed by atoms with E-state index in [2.05, 4.69) is 5.10 Å². The summed E-state index contributed by atoms with van der Waals surface area (Å²) in [4.78, 5) is 11.5. The van der Waals surface area contributed by atoms with Gasteiger partial charge in [0, 0.05) is 12.1 Å². The molecule has 1 aromatic heterocycles. The van der Waals surface area contributed by atoms with E-state index in [1.165, 1.54) is 0 Å². The van der Waals surface area contributed by atoms with Gasteiger partial charge in [-0.2, -0.15) is 5.10 Å². The molecular formula is C12H19N3O2. The minimum absolute atomic E-state index is 0.326. The summed E-state index contributed by atoms with van der Waals surface area (Å²) in [5.41, 5.74) is 8.58. The van der Waals surface area contributed by atoms with Crippen molar-refractivity contribution in [3.8, 4) is 0 Å². The highest BCUT2D eigenvalue weighted by Crippen LogP contribution is 2.19. The SMILES string of the molecule is CCOC(=O)/C(C)=C/c1c(N)c(C)nn1CC. The zero-order chi connectivity index (χ0) is 13.0. The molecule has 2 N–H and O–H groups in total. The van der Waals surface area contributed by atoms with Crippen LogP contribution in [0.1, 0.15) is 32.2 Å². The van der Waals surface area contributed by atoms with Crippen LogP contribution < -0.4 is 5.73 Å². The molecule has 5 heteroatoms. The lowest BCUT2D eigenvalue weighted by molar-refractivity contribution is -0.138. The maximum atomic E-state index is 11.5. The first-order valence-electron chi connectivity index (χ1n) is 5.69. The number of nitrogens with two attached hydrogens (primary N) is 1. The second kappa shape index (κ2) is 5.52. The Morgan fingerprint density at radius 2 is 2.18 bits per heavy atom. The second-order valence-electron chi connectivity index (χ2n) is 3.75. The minimum Gasteiger partial charge on any atom is -0.463 e. The van der Waals surface area contributed by atoms with E-state index >= 15 is 0 Å². The van der Waals surface area contributed by atoms with E-state index in [4.69, 9.17) is 10.5 Å². The molecule has 0 amide bonds. The van der Waals surface area contributed by atoms with Gasteiger partial charge in [-0.1, -0.05) is 0 Å². The van der Waals surface area contributed by atoms with Crippen LogP contribution in [0, 0.1) is 6.92 Å². The molecule has 0 radical (unpaired) electrons. The molecule has 0 aliphatic carbocycles. The van der Waals surface area contributed by atoms with E-state index in [1.54, 1.807) is 24.6 Å². The number of ether oxygens (including phenoxy) is 1. The lowest BCUT2D eigenvalue weighted by Crippen LogP contribution is -2.06. The third-order valence-electron chi connectivity index (χ3n) is 2.46. The smallest absolute Gasteiger partial charge is 0.333 e. The van der Waals surface area contributed by atoms with Crippen LogP contribution >= 0.6 is 0 Å². The van der Waals surface area contributed by atoms with Gasteiger partial charge in [0.05, 0.1) is 23.7 Å². The molecule has 0 aromatic carbocycles. The van der Waals surface area contributed by atoms with Gasteiger partial charge in [-0.3, -0.25) is 4.68 Å². The van der Waals surface area contributed by atoms with Crippen LogP contribution in [-0.2, 0) is 16.1 Å². The Kier molecular flexibility index (Phi) is 4.31. The molecule has 0 bridgehead atoms. The van der Waals surface area contributed by atoms with E-state index < -0.39 is 0 Å². The lowest BCUT2D eigenvalue weighted by atomic mass is 10.2. The van der Waals surface area contributed by atoms with Gasteiger partial charge in [0.1, 0.15) is 0 Å². The van der Waals surface area contributed by atoms with Crippen molar-refractivity contribution in [1.29, 1.82) is 0 Å². The Balaban J connectivity index is 3.08. The first kappa shape index (κ1) is 13.3. The number of aromatic nitrogens is 2. The molecule has 0 aliphatic rings. The van der Waals surface area contributed by atoms with Crippen LogP contribution in [-0.4, -0.2) is 22.4 Å². The Labute approximate surface area is 101 Å².